The van der Waals surface area contributed by atoms with E-state index in [0.717, 1.165) is 38.2 Å². The third-order valence-corrected chi connectivity index (χ3v) is 6.09. The van der Waals surface area contributed by atoms with Gasteiger partial charge in [0.2, 0.25) is 10.0 Å². The smallest absolute Gasteiger partial charge is 0.207 e. The molecule has 2 rings (SSSR count). The van der Waals surface area contributed by atoms with E-state index in [-0.39, 0.29) is 10.8 Å². The van der Waals surface area contributed by atoms with E-state index in [1.165, 1.54) is 12.1 Å². The molecule has 0 aromatic heterocycles. The molecule has 6 heteroatoms. The van der Waals surface area contributed by atoms with Gasteiger partial charge in [0, 0.05) is 11.4 Å². The molecule has 0 unspecified atom stereocenters. The van der Waals surface area contributed by atoms with Gasteiger partial charge in [-0.2, -0.15) is 0 Å². The summed E-state index contributed by atoms with van der Waals surface area (Å²) < 4.78 is 41.0. The number of alkyl halides is 1. The molecule has 20 heavy (non-hydrogen) atoms. The lowest BCUT2D eigenvalue weighted by molar-refractivity contribution is 0.298. The van der Waals surface area contributed by atoms with Gasteiger partial charge in [-0.1, -0.05) is 25.3 Å². The maximum Gasteiger partial charge on any atom is 0.241 e. The molecule has 0 aliphatic heterocycles. The summed E-state index contributed by atoms with van der Waals surface area (Å²) in [4.78, 5) is -0.00688. The fraction of sp³-hybridized carbons (Fsp3) is 0.571. The van der Waals surface area contributed by atoms with Crippen molar-refractivity contribution in [2.75, 3.05) is 5.88 Å². The van der Waals surface area contributed by atoms with Gasteiger partial charge in [-0.15, -0.1) is 11.6 Å². The van der Waals surface area contributed by atoms with Gasteiger partial charge in [0.25, 0.3) is 0 Å². The third-order valence-electron chi connectivity index (χ3n) is 3.86. The summed E-state index contributed by atoms with van der Waals surface area (Å²) in [7, 11) is -3.76. The molecule has 1 aromatic carbocycles. The Morgan fingerprint density at radius 1 is 1.30 bits per heavy atom. The minimum Gasteiger partial charge on any atom is -0.207 e. The van der Waals surface area contributed by atoms with E-state index < -0.39 is 21.4 Å². The molecule has 0 atom stereocenters. The van der Waals surface area contributed by atoms with E-state index in [2.05, 4.69) is 4.72 Å². The van der Waals surface area contributed by atoms with E-state index in [0.29, 0.717) is 5.56 Å². The summed E-state index contributed by atoms with van der Waals surface area (Å²) in [6.45, 7) is 1.66. The molecule has 0 heterocycles. The summed E-state index contributed by atoms with van der Waals surface area (Å²) in [6, 6.07) is 3.78. The first-order valence-electron chi connectivity index (χ1n) is 6.75. The van der Waals surface area contributed by atoms with Crippen LogP contribution in [-0.4, -0.2) is 19.8 Å². The molecule has 1 fully saturated rings. The summed E-state index contributed by atoms with van der Waals surface area (Å²) in [5.74, 6) is -0.319. The molecule has 0 bridgehead atoms. The zero-order valence-corrected chi connectivity index (χ0v) is 13.0. The standard InChI is InChI=1S/C14H19ClFNO2S/c1-11-5-6-12(16)9-13(11)20(18,19)17-14(10-15)7-3-2-4-8-14/h5-6,9,17H,2-4,7-8,10H2,1H3. The number of benzene rings is 1. The highest BCUT2D eigenvalue weighted by atomic mass is 35.5. The monoisotopic (exact) mass is 319 g/mol. The molecule has 1 aromatic rings. The average Bonchev–Trinajstić information content (AvgIpc) is 2.42. The van der Waals surface area contributed by atoms with Crippen LogP contribution in [0.5, 0.6) is 0 Å². The minimum absolute atomic E-state index is 0.00688. The van der Waals surface area contributed by atoms with Gasteiger partial charge < -0.3 is 0 Å². The molecule has 1 aliphatic carbocycles. The summed E-state index contributed by atoms with van der Waals surface area (Å²) in [5, 5.41) is 0. The lowest BCUT2D eigenvalue weighted by Crippen LogP contribution is -2.51. The van der Waals surface area contributed by atoms with Crippen molar-refractivity contribution in [3.8, 4) is 0 Å². The summed E-state index contributed by atoms with van der Waals surface area (Å²) >= 11 is 6.00. The quantitative estimate of drug-likeness (QED) is 0.865. The molecule has 1 saturated carbocycles. The predicted octanol–water partition coefficient (Wildman–Crippen LogP) is 3.35. The number of aryl methyl sites for hydroxylation is 1. The maximum absolute atomic E-state index is 13.3. The molecule has 1 N–H and O–H groups in total. The van der Waals surface area contributed by atoms with Gasteiger partial charge in [-0.25, -0.2) is 17.5 Å². The number of nitrogens with one attached hydrogen (secondary N) is 1. The Balaban J connectivity index is 2.32. The van der Waals surface area contributed by atoms with Crippen LogP contribution < -0.4 is 4.72 Å². The Morgan fingerprint density at radius 3 is 2.55 bits per heavy atom. The van der Waals surface area contributed by atoms with Crippen LogP contribution in [0.15, 0.2) is 23.1 Å². The minimum atomic E-state index is -3.76. The Hall–Kier alpha value is -0.650. The number of hydrogen-bond donors (Lipinski definition) is 1. The number of halogens is 2. The topological polar surface area (TPSA) is 46.2 Å². The molecular weight excluding hydrogens is 301 g/mol. The van der Waals surface area contributed by atoms with Crippen molar-refractivity contribution in [2.45, 2.75) is 49.5 Å². The van der Waals surface area contributed by atoms with Crippen molar-refractivity contribution in [3.05, 3.63) is 29.6 Å². The second-order valence-electron chi connectivity index (χ2n) is 5.49. The lowest BCUT2D eigenvalue weighted by atomic mass is 9.84. The Kier molecular flexibility index (Phi) is 4.72. The molecular formula is C14H19ClFNO2S. The van der Waals surface area contributed by atoms with Crippen LogP contribution in [0.2, 0.25) is 0 Å². The number of hydrogen-bond acceptors (Lipinski definition) is 2. The van der Waals surface area contributed by atoms with Crippen molar-refractivity contribution >= 4 is 21.6 Å². The van der Waals surface area contributed by atoms with E-state index in [1.54, 1.807) is 6.92 Å². The fourth-order valence-corrected chi connectivity index (χ4v) is 4.82. The van der Waals surface area contributed by atoms with Crippen LogP contribution in [0.4, 0.5) is 4.39 Å². The first-order valence-corrected chi connectivity index (χ1v) is 8.76. The summed E-state index contributed by atoms with van der Waals surface area (Å²) in [5.41, 5.74) is -0.0726. The van der Waals surface area contributed by atoms with Crippen molar-refractivity contribution in [2.24, 2.45) is 0 Å². The van der Waals surface area contributed by atoms with Crippen LogP contribution in [0.3, 0.4) is 0 Å². The SMILES string of the molecule is Cc1ccc(F)cc1S(=O)(=O)NC1(CCl)CCCCC1. The zero-order valence-electron chi connectivity index (χ0n) is 11.5. The highest BCUT2D eigenvalue weighted by Crippen LogP contribution is 2.31. The zero-order chi connectivity index (χ0) is 14.8. The predicted molar refractivity (Wildman–Crippen MR) is 78.0 cm³/mol. The van der Waals surface area contributed by atoms with E-state index in [4.69, 9.17) is 11.6 Å². The van der Waals surface area contributed by atoms with Crippen LogP contribution >= 0.6 is 11.6 Å². The first kappa shape index (κ1) is 15.7. The van der Waals surface area contributed by atoms with Crippen LogP contribution in [0.1, 0.15) is 37.7 Å². The largest absolute Gasteiger partial charge is 0.241 e. The maximum atomic E-state index is 13.3. The third kappa shape index (κ3) is 3.32. The first-order chi connectivity index (χ1) is 9.38. The van der Waals surface area contributed by atoms with E-state index in [9.17, 15) is 12.8 Å². The number of sulfonamides is 1. The van der Waals surface area contributed by atoms with Crippen molar-refractivity contribution in [1.29, 1.82) is 0 Å². The molecule has 0 radical (unpaired) electrons. The average molecular weight is 320 g/mol. The van der Waals surface area contributed by atoms with Crippen LogP contribution in [0.25, 0.3) is 0 Å². The van der Waals surface area contributed by atoms with Crippen LogP contribution in [0, 0.1) is 12.7 Å². The Bertz CT molecular complexity index is 583. The second-order valence-corrected chi connectivity index (χ2v) is 7.41. The Labute approximate surface area is 124 Å². The second kappa shape index (κ2) is 6.00. The van der Waals surface area contributed by atoms with Gasteiger partial charge in [-0.3, -0.25) is 0 Å². The number of rotatable bonds is 4. The van der Waals surface area contributed by atoms with Gasteiger partial charge in [0.05, 0.1) is 4.90 Å². The van der Waals surface area contributed by atoms with Gasteiger partial charge in [-0.05, 0) is 37.5 Å². The van der Waals surface area contributed by atoms with E-state index >= 15 is 0 Å². The van der Waals surface area contributed by atoms with Gasteiger partial charge in [0.1, 0.15) is 5.82 Å². The fourth-order valence-electron chi connectivity index (χ4n) is 2.69. The summed E-state index contributed by atoms with van der Waals surface area (Å²) in [6.07, 6.45) is 4.46. The molecule has 3 nitrogen and oxygen atoms in total. The van der Waals surface area contributed by atoms with Crippen LogP contribution in [-0.2, 0) is 10.0 Å². The normalized spacial score (nSPS) is 18.9. The van der Waals surface area contributed by atoms with Crippen molar-refractivity contribution in [3.63, 3.8) is 0 Å². The Morgan fingerprint density at radius 2 is 1.95 bits per heavy atom. The van der Waals surface area contributed by atoms with E-state index in [1.807, 2.05) is 0 Å². The highest BCUT2D eigenvalue weighted by Gasteiger charge is 2.36. The van der Waals surface area contributed by atoms with Gasteiger partial charge in [0.15, 0.2) is 0 Å². The molecule has 0 saturated heterocycles. The van der Waals surface area contributed by atoms with Gasteiger partial charge >= 0.3 is 0 Å². The van der Waals surface area contributed by atoms with Crippen molar-refractivity contribution < 1.29 is 12.8 Å². The molecule has 112 valence electrons. The van der Waals surface area contributed by atoms with Crippen molar-refractivity contribution in [1.82, 2.24) is 4.72 Å². The molecule has 0 amide bonds. The molecule has 0 spiro atoms. The molecule has 1 aliphatic rings. The lowest BCUT2D eigenvalue weighted by Gasteiger charge is -2.36. The highest BCUT2D eigenvalue weighted by molar-refractivity contribution is 7.89.